The molecule has 6 nitrogen and oxygen atoms in total. The number of rotatable bonds is 5. The molecule has 0 fully saturated rings. The van der Waals surface area contributed by atoms with E-state index in [4.69, 9.17) is 15.6 Å². The number of sulfone groups is 1. The van der Waals surface area contributed by atoms with Crippen LogP contribution in [0, 0.1) is 0 Å². The lowest BCUT2D eigenvalue weighted by atomic mass is 10.1. The van der Waals surface area contributed by atoms with Crippen LogP contribution in [0.4, 0.5) is 0 Å². The molecule has 1 unspecified atom stereocenters. The van der Waals surface area contributed by atoms with E-state index >= 15 is 0 Å². The highest BCUT2D eigenvalue weighted by atomic mass is 32.2. The van der Waals surface area contributed by atoms with Crippen LogP contribution < -0.4 is 10.5 Å². The highest BCUT2D eigenvalue weighted by molar-refractivity contribution is 7.90. The Balaban J connectivity index is 2.85. The van der Waals surface area contributed by atoms with Crippen LogP contribution in [0.15, 0.2) is 29.2 Å². The smallest absolute Gasteiger partial charge is 0.326 e. The molecule has 7 heteroatoms. The van der Waals surface area contributed by atoms with Crippen molar-refractivity contribution in [2.45, 2.75) is 17.4 Å². The molecule has 0 amide bonds. The van der Waals surface area contributed by atoms with Crippen molar-refractivity contribution in [1.29, 1.82) is 0 Å². The second kappa shape index (κ2) is 4.95. The molecule has 3 N–H and O–H groups in total. The molecule has 0 spiro atoms. The van der Waals surface area contributed by atoms with E-state index in [1.807, 2.05) is 0 Å². The summed E-state index contributed by atoms with van der Waals surface area (Å²) in [7, 11) is -3.32. The number of carboxylic acids is 1. The van der Waals surface area contributed by atoms with Crippen molar-refractivity contribution < 1.29 is 23.1 Å². The van der Waals surface area contributed by atoms with Crippen LogP contribution in [0.3, 0.4) is 0 Å². The minimum atomic E-state index is -3.32. The van der Waals surface area contributed by atoms with Gasteiger partial charge in [-0.1, -0.05) is 6.07 Å². The fraction of sp³-hybridized carbons (Fsp3) is 0.364. The van der Waals surface area contributed by atoms with Gasteiger partial charge in [-0.25, -0.2) is 8.42 Å². The summed E-state index contributed by atoms with van der Waals surface area (Å²) in [5.41, 5.74) is 3.96. The van der Waals surface area contributed by atoms with Crippen molar-refractivity contribution >= 4 is 15.8 Å². The molecule has 18 heavy (non-hydrogen) atoms. The van der Waals surface area contributed by atoms with Gasteiger partial charge in [0.1, 0.15) is 17.9 Å². The molecule has 0 bridgehead atoms. The van der Waals surface area contributed by atoms with Crippen molar-refractivity contribution in [3.8, 4) is 5.75 Å². The van der Waals surface area contributed by atoms with Gasteiger partial charge in [-0.3, -0.25) is 4.79 Å². The number of aliphatic carboxylic acids is 1. The lowest BCUT2D eigenvalue weighted by Gasteiger charge is -2.19. The quantitative estimate of drug-likeness (QED) is 0.797. The van der Waals surface area contributed by atoms with Crippen molar-refractivity contribution in [3.63, 3.8) is 0 Å². The number of ether oxygens (including phenoxy) is 1. The molecule has 0 aliphatic rings. The average molecular weight is 273 g/mol. The van der Waals surface area contributed by atoms with E-state index in [9.17, 15) is 13.2 Å². The minimum Gasteiger partial charge on any atom is -0.491 e. The predicted molar refractivity (Wildman–Crippen MR) is 65.3 cm³/mol. The number of hydrogen-bond donors (Lipinski definition) is 2. The second-order valence-corrected chi connectivity index (χ2v) is 6.27. The van der Waals surface area contributed by atoms with E-state index in [1.54, 1.807) is 0 Å². The zero-order chi connectivity index (χ0) is 14.0. The van der Waals surface area contributed by atoms with E-state index in [1.165, 1.54) is 31.2 Å². The van der Waals surface area contributed by atoms with Crippen LogP contribution >= 0.6 is 0 Å². The van der Waals surface area contributed by atoms with E-state index < -0.39 is 21.3 Å². The van der Waals surface area contributed by atoms with E-state index in [2.05, 4.69) is 0 Å². The molecular formula is C11H15NO5S. The maximum absolute atomic E-state index is 11.3. The Morgan fingerprint density at radius 1 is 1.50 bits per heavy atom. The number of carbonyl (C=O) groups is 1. The molecule has 0 aromatic heterocycles. The van der Waals surface area contributed by atoms with Gasteiger partial charge in [0.15, 0.2) is 9.84 Å². The minimum absolute atomic E-state index is 0.106. The van der Waals surface area contributed by atoms with Gasteiger partial charge in [-0.2, -0.15) is 0 Å². The second-order valence-electron chi connectivity index (χ2n) is 4.26. The Morgan fingerprint density at radius 2 is 2.11 bits per heavy atom. The monoisotopic (exact) mass is 273 g/mol. The Labute approximate surface area is 105 Å². The normalized spacial score (nSPS) is 14.8. The fourth-order valence-corrected chi connectivity index (χ4v) is 1.75. The van der Waals surface area contributed by atoms with Crippen molar-refractivity contribution in [2.75, 3.05) is 12.9 Å². The first-order valence-corrected chi connectivity index (χ1v) is 6.97. The molecule has 0 radical (unpaired) electrons. The van der Waals surface area contributed by atoms with Gasteiger partial charge in [0.05, 0.1) is 4.90 Å². The van der Waals surface area contributed by atoms with Gasteiger partial charge < -0.3 is 15.6 Å². The number of carboxylic acid groups (broad SMARTS) is 1. The average Bonchev–Trinajstić information content (AvgIpc) is 2.25. The first-order chi connectivity index (χ1) is 8.13. The van der Waals surface area contributed by atoms with Crippen LogP contribution in [-0.2, 0) is 14.6 Å². The molecule has 1 aromatic carbocycles. The fourth-order valence-electron chi connectivity index (χ4n) is 1.09. The summed E-state index contributed by atoms with van der Waals surface area (Å²) in [4.78, 5) is 10.9. The zero-order valence-corrected chi connectivity index (χ0v) is 10.9. The van der Waals surface area contributed by atoms with Crippen LogP contribution in [0.5, 0.6) is 5.75 Å². The maximum Gasteiger partial charge on any atom is 0.326 e. The summed E-state index contributed by atoms with van der Waals surface area (Å²) in [6.45, 7) is 1.06. The van der Waals surface area contributed by atoms with Crippen LogP contribution in [0.25, 0.3) is 0 Å². The van der Waals surface area contributed by atoms with Gasteiger partial charge in [-0.05, 0) is 25.1 Å². The Hall–Kier alpha value is -1.60. The van der Waals surface area contributed by atoms with Crippen LogP contribution in [0.1, 0.15) is 6.92 Å². The molecule has 0 saturated carbocycles. The van der Waals surface area contributed by atoms with Gasteiger partial charge in [0.25, 0.3) is 0 Å². The third-order valence-electron chi connectivity index (χ3n) is 2.26. The molecule has 100 valence electrons. The van der Waals surface area contributed by atoms with Crippen molar-refractivity contribution in [1.82, 2.24) is 0 Å². The summed E-state index contributed by atoms with van der Waals surface area (Å²) in [6, 6.07) is 5.81. The van der Waals surface area contributed by atoms with Gasteiger partial charge >= 0.3 is 5.97 Å². The molecule has 0 aliphatic carbocycles. The summed E-state index contributed by atoms with van der Waals surface area (Å²) < 4.78 is 27.8. The van der Waals surface area contributed by atoms with Gasteiger partial charge in [-0.15, -0.1) is 0 Å². The Bertz CT molecular complexity index is 550. The standard InChI is InChI=1S/C11H15NO5S/c1-11(12,10(13)14)7-17-8-4-3-5-9(6-8)18(2,15)16/h3-6H,7,12H2,1-2H3,(H,13,14). The van der Waals surface area contributed by atoms with Gasteiger partial charge in [0, 0.05) is 6.26 Å². The van der Waals surface area contributed by atoms with E-state index in [0.29, 0.717) is 0 Å². The SMILES string of the molecule is CC(N)(COc1cccc(S(C)(=O)=O)c1)C(=O)O. The van der Waals surface area contributed by atoms with E-state index in [-0.39, 0.29) is 17.3 Å². The topological polar surface area (TPSA) is 107 Å². The maximum atomic E-state index is 11.3. The number of hydrogen-bond acceptors (Lipinski definition) is 5. The highest BCUT2D eigenvalue weighted by Crippen LogP contribution is 2.18. The third kappa shape index (κ3) is 3.71. The van der Waals surface area contributed by atoms with Crippen molar-refractivity contribution in [3.05, 3.63) is 24.3 Å². The summed E-state index contributed by atoms with van der Waals surface area (Å²) >= 11 is 0. The number of benzene rings is 1. The molecule has 0 aliphatic heterocycles. The zero-order valence-electron chi connectivity index (χ0n) is 10.1. The largest absolute Gasteiger partial charge is 0.491 e. The lowest BCUT2D eigenvalue weighted by molar-refractivity contribution is -0.143. The number of nitrogens with two attached hydrogens (primary N) is 1. The Morgan fingerprint density at radius 3 is 2.61 bits per heavy atom. The summed E-state index contributed by atoms with van der Waals surface area (Å²) in [5, 5.41) is 8.80. The molecular weight excluding hydrogens is 258 g/mol. The molecule has 1 aromatic rings. The van der Waals surface area contributed by atoms with Crippen molar-refractivity contribution in [2.24, 2.45) is 5.73 Å². The summed E-state index contributed by atoms with van der Waals surface area (Å²) in [5.74, 6) is -0.933. The first-order valence-electron chi connectivity index (χ1n) is 5.08. The van der Waals surface area contributed by atoms with Crippen LogP contribution in [-0.4, -0.2) is 37.9 Å². The van der Waals surface area contributed by atoms with Gasteiger partial charge in [0.2, 0.25) is 0 Å². The molecule has 1 atom stereocenters. The molecule has 1 rings (SSSR count). The molecule has 0 saturated heterocycles. The lowest BCUT2D eigenvalue weighted by Crippen LogP contribution is -2.49. The first kappa shape index (κ1) is 14.5. The highest BCUT2D eigenvalue weighted by Gasteiger charge is 2.28. The third-order valence-corrected chi connectivity index (χ3v) is 3.37. The predicted octanol–water partition coefficient (Wildman–Crippen LogP) is 0.271. The molecule has 0 heterocycles. The Kier molecular flexibility index (Phi) is 3.98. The van der Waals surface area contributed by atoms with Crippen LogP contribution in [0.2, 0.25) is 0 Å². The van der Waals surface area contributed by atoms with E-state index in [0.717, 1.165) is 6.26 Å². The summed E-state index contributed by atoms with van der Waals surface area (Å²) in [6.07, 6.45) is 1.08.